The van der Waals surface area contributed by atoms with Gasteiger partial charge in [-0.15, -0.1) is 0 Å². The van der Waals surface area contributed by atoms with Crippen molar-refractivity contribution in [1.29, 1.82) is 5.41 Å². The van der Waals surface area contributed by atoms with E-state index >= 15 is 0 Å². The van der Waals surface area contributed by atoms with E-state index in [9.17, 15) is 0 Å². The molecule has 9 heteroatoms. The van der Waals surface area contributed by atoms with E-state index in [4.69, 9.17) is 21.6 Å². The third-order valence-electron chi connectivity index (χ3n) is 5.92. The first kappa shape index (κ1) is 21.6. The molecule has 0 amide bonds. The Bertz CT molecular complexity index is 1050. The minimum Gasteiger partial charge on any atom is -0.488 e. The van der Waals surface area contributed by atoms with E-state index in [1.165, 1.54) is 6.33 Å². The van der Waals surface area contributed by atoms with Gasteiger partial charge in [0.05, 0.1) is 17.1 Å². The van der Waals surface area contributed by atoms with E-state index in [-0.39, 0.29) is 11.3 Å². The fraction of sp³-hybridized carbons (Fsp3) is 0.391. The normalized spacial score (nSPS) is 18.1. The van der Waals surface area contributed by atoms with Crippen molar-refractivity contribution in [3.63, 3.8) is 0 Å². The standard InChI is InChI=1S/C23H30N8O/c1-23(5-6-23)32-17-3-4-19(25)18(11-17)22(26)20-12-21(29-15-28-20)31-9-7-30(8-10-31)16(13-24)14-27-2/h3-4,11-15,26H,5-10,24-25H2,1-2H3. The zero-order chi connectivity index (χ0) is 22.7. The molecular formula is C23H30N8O. The van der Waals surface area contributed by atoms with Crippen molar-refractivity contribution >= 4 is 23.4 Å². The zero-order valence-corrected chi connectivity index (χ0v) is 18.6. The van der Waals surface area contributed by atoms with Crippen LogP contribution in [0.2, 0.25) is 0 Å². The molecule has 0 atom stereocenters. The fourth-order valence-corrected chi connectivity index (χ4v) is 3.73. The number of aliphatic imine (C=N–C) groups is 1. The highest BCUT2D eigenvalue weighted by molar-refractivity contribution is 6.13. The summed E-state index contributed by atoms with van der Waals surface area (Å²) >= 11 is 0. The lowest BCUT2D eigenvalue weighted by atomic mass is 10.0. The fourth-order valence-electron chi connectivity index (χ4n) is 3.73. The first-order chi connectivity index (χ1) is 15.4. The molecule has 168 valence electrons. The number of ether oxygens (including phenoxy) is 1. The molecule has 0 radical (unpaired) electrons. The highest BCUT2D eigenvalue weighted by Crippen LogP contribution is 2.40. The summed E-state index contributed by atoms with van der Waals surface area (Å²) in [6.45, 7) is 5.26. The quantitative estimate of drug-likeness (QED) is 0.449. The number of nitrogens with one attached hydrogen (secondary N) is 1. The molecule has 0 spiro atoms. The average Bonchev–Trinajstić information content (AvgIpc) is 3.55. The molecule has 4 rings (SSSR count). The first-order valence-electron chi connectivity index (χ1n) is 10.8. The molecule has 1 aliphatic carbocycles. The van der Waals surface area contributed by atoms with Gasteiger partial charge in [0.1, 0.15) is 23.5 Å². The maximum atomic E-state index is 8.74. The van der Waals surface area contributed by atoms with Crippen LogP contribution in [-0.2, 0) is 0 Å². The molecule has 0 bridgehead atoms. The van der Waals surface area contributed by atoms with Crippen LogP contribution in [0.4, 0.5) is 11.5 Å². The van der Waals surface area contributed by atoms with Crippen molar-refractivity contribution in [3.05, 3.63) is 53.7 Å². The van der Waals surface area contributed by atoms with Gasteiger partial charge in [-0.1, -0.05) is 0 Å². The third kappa shape index (κ3) is 4.66. The minimum atomic E-state index is -0.0955. The van der Waals surface area contributed by atoms with Crippen LogP contribution in [0.25, 0.3) is 0 Å². The topological polar surface area (TPSA) is 130 Å². The Morgan fingerprint density at radius 3 is 2.59 bits per heavy atom. The smallest absolute Gasteiger partial charge is 0.132 e. The van der Waals surface area contributed by atoms with Crippen molar-refractivity contribution in [2.24, 2.45) is 10.7 Å². The van der Waals surface area contributed by atoms with Gasteiger partial charge in [0.15, 0.2) is 0 Å². The number of rotatable bonds is 7. The number of nitrogens with two attached hydrogens (primary N) is 2. The van der Waals surface area contributed by atoms with Gasteiger partial charge in [-0.05, 0) is 38.0 Å². The molecule has 1 aromatic heterocycles. The van der Waals surface area contributed by atoms with Crippen LogP contribution in [0.3, 0.4) is 0 Å². The average molecular weight is 435 g/mol. The van der Waals surface area contributed by atoms with Crippen LogP contribution in [0.15, 0.2) is 47.5 Å². The Morgan fingerprint density at radius 2 is 1.94 bits per heavy atom. The van der Waals surface area contributed by atoms with Gasteiger partial charge >= 0.3 is 0 Å². The highest BCUT2D eigenvalue weighted by atomic mass is 16.5. The Hall–Kier alpha value is -3.62. The second kappa shape index (κ2) is 8.86. The number of hydrogen-bond acceptors (Lipinski definition) is 9. The Kier molecular flexibility index (Phi) is 5.98. The van der Waals surface area contributed by atoms with E-state index in [0.29, 0.717) is 16.9 Å². The highest BCUT2D eigenvalue weighted by Gasteiger charge is 2.40. The maximum Gasteiger partial charge on any atom is 0.132 e. The van der Waals surface area contributed by atoms with Crippen LogP contribution in [0, 0.1) is 5.41 Å². The molecule has 1 saturated heterocycles. The van der Waals surface area contributed by atoms with Crippen LogP contribution in [0.1, 0.15) is 31.0 Å². The van der Waals surface area contributed by atoms with Gasteiger partial charge in [0.25, 0.3) is 0 Å². The number of anilines is 2. The van der Waals surface area contributed by atoms with Gasteiger partial charge in [0, 0.05) is 63.0 Å². The van der Waals surface area contributed by atoms with Crippen molar-refractivity contribution in [1.82, 2.24) is 14.9 Å². The summed E-state index contributed by atoms with van der Waals surface area (Å²) in [5.74, 6) is 1.52. The molecule has 32 heavy (non-hydrogen) atoms. The van der Waals surface area contributed by atoms with Crippen molar-refractivity contribution in [3.8, 4) is 5.75 Å². The summed E-state index contributed by atoms with van der Waals surface area (Å²) in [5, 5.41) is 8.74. The Labute approximate surface area is 188 Å². The second-order valence-electron chi connectivity index (χ2n) is 8.39. The lowest BCUT2D eigenvalue weighted by molar-refractivity contribution is 0.200. The molecule has 1 aromatic carbocycles. The van der Waals surface area contributed by atoms with Crippen molar-refractivity contribution in [2.45, 2.75) is 25.4 Å². The van der Waals surface area contributed by atoms with E-state index in [1.54, 1.807) is 25.5 Å². The zero-order valence-electron chi connectivity index (χ0n) is 18.6. The molecule has 2 heterocycles. The lowest BCUT2D eigenvalue weighted by Crippen LogP contribution is -2.46. The van der Waals surface area contributed by atoms with Gasteiger partial charge in [-0.2, -0.15) is 0 Å². The van der Waals surface area contributed by atoms with Crippen LogP contribution in [-0.4, -0.2) is 65.6 Å². The Morgan fingerprint density at radius 1 is 1.19 bits per heavy atom. The number of benzene rings is 1. The summed E-state index contributed by atoms with van der Waals surface area (Å²) in [5.41, 5.74) is 14.6. The molecule has 9 nitrogen and oxygen atoms in total. The number of nitrogen functional groups attached to an aromatic ring is 1. The largest absolute Gasteiger partial charge is 0.488 e. The van der Waals surface area contributed by atoms with Crippen LogP contribution in [0.5, 0.6) is 5.75 Å². The van der Waals surface area contributed by atoms with Crippen molar-refractivity contribution in [2.75, 3.05) is 43.9 Å². The maximum absolute atomic E-state index is 8.74. The SMILES string of the molecule is CN=CC(=CN)N1CCN(c2cc(C(=N)c3cc(OC4(C)CC4)ccc3N)ncn2)CC1. The van der Waals surface area contributed by atoms with Crippen LogP contribution >= 0.6 is 0 Å². The first-order valence-corrected chi connectivity index (χ1v) is 10.8. The predicted octanol–water partition coefficient (Wildman–Crippen LogP) is 2.03. The molecule has 1 aliphatic heterocycles. The molecule has 1 saturated carbocycles. The molecule has 2 fully saturated rings. The van der Waals surface area contributed by atoms with Gasteiger partial charge in [-0.25, -0.2) is 9.97 Å². The number of hydrogen-bond donors (Lipinski definition) is 3. The van der Waals surface area contributed by atoms with E-state index in [2.05, 4.69) is 31.7 Å². The monoisotopic (exact) mass is 434 g/mol. The van der Waals surface area contributed by atoms with Gasteiger partial charge in [-0.3, -0.25) is 10.4 Å². The number of allylic oxidation sites excluding steroid dienone is 1. The molecule has 0 unspecified atom stereocenters. The molecular weight excluding hydrogens is 404 g/mol. The molecule has 2 aromatic rings. The van der Waals surface area contributed by atoms with E-state index < -0.39 is 0 Å². The van der Waals surface area contributed by atoms with E-state index in [1.807, 2.05) is 18.2 Å². The number of aromatic nitrogens is 2. The van der Waals surface area contributed by atoms with Crippen LogP contribution < -0.4 is 21.1 Å². The molecule has 5 N–H and O–H groups in total. The van der Waals surface area contributed by atoms with Crippen molar-refractivity contribution < 1.29 is 4.74 Å². The predicted molar refractivity (Wildman–Crippen MR) is 128 cm³/mol. The summed E-state index contributed by atoms with van der Waals surface area (Å²) < 4.78 is 6.05. The van der Waals surface area contributed by atoms with Gasteiger partial charge in [0.2, 0.25) is 0 Å². The van der Waals surface area contributed by atoms with Gasteiger partial charge < -0.3 is 26.0 Å². The number of nitrogens with zero attached hydrogens (tertiary/aromatic N) is 5. The van der Waals surface area contributed by atoms with E-state index in [0.717, 1.165) is 56.3 Å². The minimum absolute atomic E-state index is 0.0955. The summed E-state index contributed by atoms with van der Waals surface area (Å²) in [6, 6.07) is 7.32. The summed E-state index contributed by atoms with van der Waals surface area (Å²) in [6.07, 6.45) is 6.94. The Balaban J connectivity index is 1.49. The number of piperazine rings is 1. The molecule has 2 aliphatic rings. The third-order valence-corrected chi connectivity index (χ3v) is 5.92. The second-order valence-corrected chi connectivity index (χ2v) is 8.39. The summed E-state index contributed by atoms with van der Waals surface area (Å²) in [4.78, 5) is 17.2. The summed E-state index contributed by atoms with van der Waals surface area (Å²) in [7, 11) is 1.73. The lowest BCUT2D eigenvalue weighted by Gasteiger charge is -2.36.